The fourth-order valence-corrected chi connectivity index (χ4v) is 2.65. The van der Waals surface area contributed by atoms with Crippen LogP contribution in [-0.4, -0.2) is 23.1 Å². The summed E-state index contributed by atoms with van der Waals surface area (Å²) in [4.78, 5) is 14.1. The molecular weight excluding hydrogens is 264 g/mol. The number of rotatable bonds is 0. The monoisotopic (exact) mass is 290 g/mol. The highest BCUT2D eigenvalue weighted by Crippen LogP contribution is 2.29. The lowest BCUT2D eigenvalue weighted by atomic mass is 9.93. The molecule has 0 aromatic heterocycles. The molecule has 21 heavy (non-hydrogen) atoms. The van der Waals surface area contributed by atoms with Crippen molar-refractivity contribution in [2.24, 2.45) is 5.73 Å². The number of ether oxygens (including phenoxy) is 1. The van der Waals surface area contributed by atoms with E-state index in [1.165, 1.54) is 16.7 Å². The van der Waals surface area contributed by atoms with Gasteiger partial charge in [0, 0.05) is 19.1 Å². The third-order valence-corrected chi connectivity index (χ3v) is 4.02. The van der Waals surface area contributed by atoms with E-state index in [1.807, 2.05) is 20.8 Å². The van der Waals surface area contributed by atoms with Crippen molar-refractivity contribution in [3.05, 3.63) is 34.4 Å². The van der Waals surface area contributed by atoms with Crippen molar-refractivity contribution in [1.29, 1.82) is 0 Å². The van der Waals surface area contributed by atoms with Crippen LogP contribution >= 0.6 is 0 Å². The van der Waals surface area contributed by atoms with Crippen molar-refractivity contribution in [2.45, 2.75) is 59.2 Å². The van der Waals surface area contributed by atoms with Gasteiger partial charge in [0.2, 0.25) is 0 Å². The number of amides is 1. The molecule has 4 nitrogen and oxygen atoms in total. The van der Waals surface area contributed by atoms with Gasteiger partial charge in [0.15, 0.2) is 0 Å². The molecule has 2 N–H and O–H groups in total. The van der Waals surface area contributed by atoms with E-state index in [-0.39, 0.29) is 12.1 Å². The number of hydrogen-bond donors (Lipinski definition) is 1. The van der Waals surface area contributed by atoms with Gasteiger partial charge in [-0.15, -0.1) is 0 Å². The molecule has 0 aliphatic carbocycles. The molecule has 0 radical (unpaired) electrons. The summed E-state index contributed by atoms with van der Waals surface area (Å²) < 4.78 is 5.50. The van der Waals surface area contributed by atoms with Crippen LogP contribution < -0.4 is 5.73 Å². The van der Waals surface area contributed by atoms with E-state index in [2.05, 4.69) is 26.0 Å². The zero-order valence-electron chi connectivity index (χ0n) is 13.7. The maximum atomic E-state index is 12.3. The second-order valence-electron chi connectivity index (χ2n) is 6.87. The average Bonchev–Trinajstić information content (AvgIpc) is 2.52. The Labute approximate surface area is 127 Å². The minimum atomic E-state index is -0.476. The lowest BCUT2D eigenvalue weighted by molar-refractivity contribution is 0.0234. The minimum absolute atomic E-state index is 0.0215. The second kappa shape index (κ2) is 5.68. The van der Waals surface area contributed by atoms with Gasteiger partial charge >= 0.3 is 6.09 Å². The molecule has 2 rings (SSSR count). The van der Waals surface area contributed by atoms with Crippen molar-refractivity contribution < 1.29 is 9.53 Å². The van der Waals surface area contributed by atoms with Crippen molar-refractivity contribution in [1.82, 2.24) is 4.90 Å². The Hall–Kier alpha value is -1.55. The van der Waals surface area contributed by atoms with E-state index in [0.29, 0.717) is 13.1 Å². The second-order valence-corrected chi connectivity index (χ2v) is 6.87. The normalized spacial score (nSPS) is 19.0. The molecule has 1 amide bonds. The molecule has 0 unspecified atom stereocenters. The molecule has 1 aliphatic heterocycles. The van der Waals surface area contributed by atoms with Gasteiger partial charge in [-0.3, -0.25) is 0 Å². The Balaban J connectivity index is 2.30. The third kappa shape index (κ3) is 3.56. The Morgan fingerprint density at radius 3 is 2.62 bits per heavy atom. The summed E-state index contributed by atoms with van der Waals surface area (Å²) in [6.45, 7) is 11.0. The van der Waals surface area contributed by atoms with Crippen molar-refractivity contribution in [2.75, 3.05) is 6.54 Å². The van der Waals surface area contributed by atoms with Crippen LogP contribution in [0, 0.1) is 13.8 Å². The Morgan fingerprint density at radius 1 is 1.33 bits per heavy atom. The summed E-state index contributed by atoms with van der Waals surface area (Å²) in [5, 5.41) is 0. The largest absolute Gasteiger partial charge is 0.444 e. The maximum Gasteiger partial charge on any atom is 0.410 e. The molecule has 1 aromatic carbocycles. The van der Waals surface area contributed by atoms with Crippen molar-refractivity contribution in [3.8, 4) is 0 Å². The van der Waals surface area contributed by atoms with Gasteiger partial charge in [0.1, 0.15) is 5.60 Å². The van der Waals surface area contributed by atoms with Gasteiger partial charge in [-0.25, -0.2) is 4.79 Å². The number of fused-ring (bicyclic) bond motifs is 1. The summed E-state index contributed by atoms with van der Waals surface area (Å²) in [5.41, 5.74) is 10.6. The lowest BCUT2D eigenvalue weighted by Crippen LogP contribution is -2.36. The molecule has 0 saturated carbocycles. The Kier molecular flexibility index (Phi) is 4.28. The Bertz CT molecular complexity index is 546. The van der Waals surface area contributed by atoms with Crippen LogP contribution in [0.3, 0.4) is 0 Å². The number of nitrogens with two attached hydrogens (primary N) is 1. The molecule has 116 valence electrons. The van der Waals surface area contributed by atoms with Gasteiger partial charge < -0.3 is 15.4 Å². The summed E-state index contributed by atoms with van der Waals surface area (Å²) in [6.07, 6.45) is 0.498. The van der Waals surface area contributed by atoms with E-state index < -0.39 is 5.60 Å². The molecule has 1 heterocycles. The lowest BCUT2D eigenvalue weighted by Gasteiger charge is -2.27. The molecule has 1 aromatic rings. The van der Waals surface area contributed by atoms with Gasteiger partial charge in [0.05, 0.1) is 0 Å². The van der Waals surface area contributed by atoms with Gasteiger partial charge in [0.25, 0.3) is 0 Å². The zero-order chi connectivity index (χ0) is 15.8. The van der Waals surface area contributed by atoms with Crippen molar-refractivity contribution in [3.63, 3.8) is 0 Å². The van der Waals surface area contributed by atoms with Crippen LogP contribution in [0.2, 0.25) is 0 Å². The van der Waals surface area contributed by atoms with E-state index in [0.717, 1.165) is 12.0 Å². The van der Waals surface area contributed by atoms with E-state index in [1.54, 1.807) is 4.90 Å². The van der Waals surface area contributed by atoms with Crippen LogP contribution in [-0.2, 0) is 11.3 Å². The SMILES string of the molecule is Cc1ccc2c(c1C)CN(C(=O)OC(C)(C)C)CC[C@@H]2N. The fourth-order valence-electron chi connectivity index (χ4n) is 2.65. The maximum absolute atomic E-state index is 12.3. The average molecular weight is 290 g/mol. The topological polar surface area (TPSA) is 55.6 Å². The highest BCUT2D eigenvalue weighted by molar-refractivity contribution is 5.68. The quantitative estimate of drug-likeness (QED) is 0.796. The summed E-state index contributed by atoms with van der Waals surface area (Å²) in [6, 6.07) is 4.18. The van der Waals surface area contributed by atoms with Gasteiger partial charge in [-0.2, -0.15) is 0 Å². The van der Waals surface area contributed by atoms with Crippen LogP contribution in [0.15, 0.2) is 12.1 Å². The van der Waals surface area contributed by atoms with E-state index in [9.17, 15) is 4.79 Å². The standard InChI is InChI=1S/C17H26N2O2/c1-11-6-7-13-14(12(11)2)10-19(9-8-15(13)18)16(20)21-17(3,4)5/h6-7,15H,8-10,18H2,1-5H3/t15-/m0/s1. The summed E-state index contributed by atoms with van der Waals surface area (Å²) in [5.74, 6) is 0. The van der Waals surface area contributed by atoms with Crippen LogP contribution in [0.25, 0.3) is 0 Å². The first-order chi connectivity index (χ1) is 9.69. The molecule has 0 fully saturated rings. The zero-order valence-corrected chi connectivity index (χ0v) is 13.7. The molecule has 1 atom stereocenters. The number of carbonyl (C=O) groups excluding carboxylic acids is 1. The Morgan fingerprint density at radius 2 is 2.00 bits per heavy atom. The summed E-state index contributed by atoms with van der Waals surface area (Å²) >= 11 is 0. The number of nitrogens with zero attached hydrogens (tertiary/aromatic N) is 1. The predicted octanol–water partition coefficient (Wildman–Crippen LogP) is 3.44. The van der Waals surface area contributed by atoms with Crippen LogP contribution in [0.1, 0.15) is 55.5 Å². The minimum Gasteiger partial charge on any atom is -0.444 e. The molecule has 1 aliphatic rings. The smallest absolute Gasteiger partial charge is 0.410 e. The molecule has 0 spiro atoms. The highest BCUT2D eigenvalue weighted by Gasteiger charge is 2.27. The molecule has 0 bridgehead atoms. The van der Waals surface area contributed by atoms with Gasteiger partial charge in [-0.05, 0) is 63.3 Å². The van der Waals surface area contributed by atoms with Crippen LogP contribution in [0.5, 0.6) is 0 Å². The van der Waals surface area contributed by atoms with E-state index >= 15 is 0 Å². The first kappa shape index (κ1) is 15.8. The number of carbonyl (C=O) groups is 1. The third-order valence-electron chi connectivity index (χ3n) is 4.02. The number of aryl methyl sites for hydroxylation is 1. The molecule has 4 heteroatoms. The fraction of sp³-hybridized carbons (Fsp3) is 0.588. The predicted molar refractivity (Wildman–Crippen MR) is 84.1 cm³/mol. The number of benzene rings is 1. The first-order valence-corrected chi connectivity index (χ1v) is 7.51. The molecule has 0 saturated heterocycles. The highest BCUT2D eigenvalue weighted by atomic mass is 16.6. The number of hydrogen-bond acceptors (Lipinski definition) is 3. The van der Waals surface area contributed by atoms with Crippen LogP contribution in [0.4, 0.5) is 4.79 Å². The molecular formula is C17H26N2O2. The van der Waals surface area contributed by atoms with Crippen molar-refractivity contribution >= 4 is 6.09 Å². The first-order valence-electron chi connectivity index (χ1n) is 7.51. The van der Waals surface area contributed by atoms with Gasteiger partial charge in [-0.1, -0.05) is 12.1 Å². The van der Waals surface area contributed by atoms with E-state index in [4.69, 9.17) is 10.5 Å². The summed E-state index contributed by atoms with van der Waals surface area (Å²) in [7, 11) is 0.